The molecule has 130 valence electrons. The molecular weight excluding hydrogens is 336 g/mol. The highest BCUT2D eigenvalue weighted by Crippen LogP contribution is 2.38. The van der Waals surface area contributed by atoms with Crippen LogP contribution in [-0.4, -0.2) is 28.4 Å². The Balaban J connectivity index is 0.00000288. The molecule has 0 fully saturated rings. The van der Waals surface area contributed by atoms with Crippen molar-refractivity contribution in [3.63, 3.8) is 0 Å². The van der Waals surface area contributed by atoms with Crippen LogP contribution in [0.4, 0.5) is 5.69 Å². The first-order valence-corrected chi connectivity index (χ1v) is 6.97. The Morgan fingerprint density at radius 1 is 1.29 bits per heavy atom. The lowest BCUT2D eigenvalue weighted by molar-refractivity contribution is -0.385. The molecule has 0 aliphatic carbocycles. The molecule has 0 bridgehead atoms. The van der Waals surface area contributed by atoms with Gasteiger partial charge in [0.25, 0.3) is 5.69 Å². The number of non-ortho nitro benzene ring substituents is 1. The summed E-state index contributed by atoms with van der Waals surface area (Å²) in [6.07, 6.45) is -0.762. The summed E-state index contributed by atoms with van der Waals surface area (Å²) in [4.78, 5) is 10.4. The Hall–Kier alpha value is -2.35. The fourth-order valence-corrected chi connectivity index (χ4v) is 2.32. The number of aliphatic hydroxyl groups is 1. The third kappa shape index (κ3) is 4.35. The van der Waals surface area contributed by atoms with Crippen molar-refractivity contribution in [3.05, 3.63) is 63.7 Å². The highest BCUT2D eigenvalue weighted by molar-refractivity contribution is 5.85. The fraction of sp³-hybridized carbons (Fsp3) is 0.250. The molecule has 2 rings (SSSR count). The number of nitrogens with zero attached hydrogens (tertiary/aromatic N) is 1. The summed E-state index contributed by atoms with van der Waals surface area (Å²) in [7, 11) is 1.29. The van der Waals surface area contributed by atoms with Gasteiger partial charge in [0.2, 0.25) is 0 Å². The topological polar surface area (TPSA) is 119 Å². The third-order valence-electron chi connectivity index (χ3n) is 3.58. The summed E-state index contributed by atoms with van der Waals surface area (Å²) in [5.74, 6) is -0.366. The summed E-state index contributed by atoms with van der Waals surface area (Å²) in [6.45, 7) is 0. The molecule has 7 nitrogen and oxygen atoms in total. The van der Waals surface area contributed by atoms with Crippen molar-refractivity contribution in [2.24, 2.45) is 5.73 Å². The third-order valence-corrected chi connectivity index (χ3v) is 3.58. The van der Waals surface area contributed by atoms with Gasteiger partial charge in [0.05, 0.1) is 30.2 Å². The second-order valence-corrected chi connectivity index (χ2v) is 5.13. The van der Waals surface area contributed by atoms with Crippen molar-refractivity contribution in [2.75, 3.05) is 7.11 Å². The van der Waals surface area contributed by atoms with Crippen molar-refractivity contribution >= 4 is 18.1 Å². The number of phenols is 1. The number of ether oxygens (including phenoxy) is 1. The normalized spacial score (nSPS) is 12.8. The summed E-state index contributed by atoms with van der Waals surface area (Å²) in [5.41, 5.74) is 6.66. The number of methoxy groups -OCH3 is 1. The van der Waals surface area contributed by atoms with Crippen molar-refractivity contribution in [2.45, 2.75) is 18.6 Å². The minimum absolute atomic E-state index is 0. The van der Waals surface area contributed by atoms with Crippen LogP contribution in [0, 0.1) is 10.1 Å². The van der Waals surface area contributed by atoms with E-state index in [4.69, 9.17) is 10.5 Å². The SMILES string of the molecule is COc1cc([N+](=O)[O-])cc([C@@H](N)[C@@H](O)Cc2ccccc2)c1O.Cl. The number of halogens is 1. The van der Waals surface area contributed by atoms with Gasteiger partial charge in [0.15, 0.2) is 11.5 Å². The fourth-order valence-electron chi connectivity index (χ4n) is 2.32. The van der Waals surface area contributed by atoms with Gasteiger partial charge in [-0.25, -0.2) is 0 Å². The number of aliphatic hydroxyl groups excluding tert-OH is 1. The molecule has 0 aliphatic rings. The molecule has 0 unspecified atom stereocenters. The largest absolute Gasteiger partial charge is 0.504 e. The second-order valence-electron chi connectivity index (χ2n) is 5.13. The van der Waals surface area contributed by atoms with Gasteiger partial charge in [-0.05, 0) is 5.56 Å². The Morgan fingerprint density at radius 2 is 1.92 bits per heavy atom. The summed E-state index contributed by atoms with van der Waals surface area (Å²) < 4.78 is 4.93. The smallest absolute Gasteiger partial charge is 0.273 e. The molecule has 0 saturated carbocycles. The molecule has 0 spiro atoms. The van der Waals surface area contributed by atoms with Crippen molar-refractivity contribution in [1.82, 2.24) is 0 Å². The molecule has 0 aromatic heterocycles. The Kier molecular flexibility index (Phi) is 6.97. The molecule has 2 atom stereocenters. The van der Waals surface area contributed by atoms with E-state index in [0.717, 1.165) is 17.7 Å². The van der Waals surface area contributed by atoms with Gasteiger partial charge in [0, 0.05) is 18.1 Å². The zero-order valence-electron chi connectivity index (χ0n) is 13.0. The van der Waals surface area contributed by atoms with E-state index in [1.807, 2.05) is 30.3 Å². The number of nitrogens with two attached hydrogens (primary N) is 1. The molecule has 8 heteroatoms. The number of hydrogen-bond donors (Lipinski definition) is 3. The van der Waals surface area contributed by atoms with Crippen molar-refractivity contribution in [3.8, 4) is 11.5 Å². The zero-order chi connectivity index (χ0) is 17.0. The molecule has 24 heavy (non-hydrogen) atoms. The van der Waals surface area contributed by atoms with Crippen LogP contribution >= 0.6 is 12.4 Å². The lowest BCUT2D eigenvalue weighted by atomic mass is 9.95. The number of nitro groups is 1. The van der Waals surface area contributed by atoms with Gasteiger partial charge >= 0.3 is 0 Å². The van der Waals surface area contributed by atoms with Gasteiger partial charge in [-0.15, -0.1) is 12.4 Å². The minimum Gasteiger partial charge on any atom is -0.504 e. The maximum atomic E-state index is 11.0. The quantitative estimate of drug-likeness (QED) is 0.541. The number of benzene rings is 2. The van der Waals surface area contributed by atoms with E-state index in [1.165, 1.54) is 7.11 Å². The summed E-state index contributed by atoms with van der Waals surface area (Å²) in [5, 5.41) is 31.4. The van der Waals surface area contributed by atoms with Crippen molar-refractivity contribution < 1.29 is 19.9 Å². The molecule has 0 aliphatic heterocycles. The van der Waals surface area contributed by atoms with E-state index in [2.05, 4.69) is 0 Å². The lowest BCUT2D eigenvalue weighted by Crippen LogP contribution is -2.28. The van der Waals surface area contributed by atoms with Crippen LogP contribution in [0.1, 0.15) is 17.2 Å². The Bertz CT molecular complexity index is 696. The highest BCUT2D eigenvalue weighted by Gasteiger charge is 2.25. The maximum absolute atomic E-state index is 11.0. The van der Waals surface area contributed by atoms with Crippen LogP contribution < -0.4 is 10.5 Å². The van der Waals surface area contributed by atoms with E-state index in [0.29, 0.717) is 0 Å². The van der Waals surface area contributed by atoms with Crippen LogP contribution in [0.25, 0.3) is 0 Å². The Labute approximate surface area is 145 Å². The van der Waals surface area contributed by atoms with E-state index >= 15 is 0 Å². The highest BCUT2D eigenvalue weighted by atomic mass is 35.5. The number of phenolic OH excluding ortho intramolecular Hbond substituents is 1. The molecule has 0 radical (unpaired) electrons. The van der Waals surface area contributed by atoms with E-state index < -0.39 is 17.1 Å². The number of hydrogen-bond acceptors (Lipinski definition) is 6. The van der Waals surface area contributed by atoms with Crippen LogP contribution in [0.2, 0.25) is 0 Å². The van der Waals surface area contributed by atoms with E-state index in [-0.39, 0.29) is 41.6 Å². The molecule has 0 saturated heterocycles. The first-order chi connectivity index (χ1) is 10.9. The van der Waals surface area contributed by atoms with Gasteiger partial charge in [-0.2, -0.15) is 0 Å². The first-order valence-electron chi connectivity index (χ1n) is 6.97. The zero-order valence-corrected chi connectivity index (χ0v) is 13.8. The van der Waals surface area contributed by atoms with Crippen LogP contribution in [0.15, 0.2) is 42.5 Å². The van der Waals surface area contributed by atoms with Crippen LogP contribution in [0.5, 0.6) is 11.5 Å². The Morgan fingerprint density at radius 3 is 2.46 bits per heavy atom. The van der Waals surface area contributed by atoms with Gasteiger partial charge < -0.3 is 20.7 Å². The van der Waals surface area contributed by atoms with Crippen molar-refractivity contribution in [1.29, 1.82) is 0 Å². The number of nitro benzene ring substituents is 1. The average molecular weight is 355 g/mol. The molecule has 2 aromatic carbocycles. The second kappa shape index (κ2) is 8.49. The van der Waals surface area contributed by atoms with Gasteiger partial charge in [0.1, 0.15) is 0 Å². The average Bonchev–Trinajstić information content (AvgIpc) is 2.55. The molecule has 4 N–H and O–H groups in total. The molecule has 2 aromatic rings. The van der Waals surface area contributed by atoms with Gasteiger partial charge in [-0.1, -0.05) is 30.3 Å². The monoisotopic (exact) mass is 354 g/mol. The number of aromatic hydroxyl groups is 1. The van der Waals surface area contributed by atoms with E-state index in [9.17, 15) is 20.3 Å². The number of rotatable bonds is 6. The lowest BCUT2D eigenvalue weighted by Gasteiger charge is -2.21. The molecule has 0 amide bonds. The minimum atomic E-state index is -1.02. The van der Waals surface area contributed by atoms with Gasteiger partial charge in [-0.3, -0.25) is 10.1 Å². The first kappa shape index (κ1) is 19.7. The predicted octanol–water partition coefficient (Wildman–Crippen LogP) is 2.33. The summed E-state index contributed by atoms with van der Waals surface area (Å²) >= 11 is 0. The molecular formula is C16H19ClN2O5. The predicted molar refractivity (Wildman–Crippen MR) is 91.6 cm³/mol. The van der Waals surface area contributed by atoms with Crippen LogP contribution in [-0.2, 0) is 6.42 Å². The maximum Gasteiger partial charge on any atom is 0.273 e. The molecule has 0 heterocycles. The van der Waals surface area contributed by atoms with E-state index in [1.54, 1.807) is 0 Å². The van der Waals surface area contributed by atoms with Crippen LogP contribution in [0.3, 0.4) is 0 Å². The summed E-state index contributed by atoms with van der Waals surface area (Å²) in [6, 6.07) is 10.5. The standard InChI is InChI=1S/C16H18N2O5.ClH/c1-23-14-9-11(18(21)22)8-12(16(14)20)15(17)13(19)7-10-5-3-2-4-6-10;/h2-6,8-9,13,15,19-20H,7,17H2,1H3;1H/t13-,15+;/m0./s1.